The number of amides is 2. The van der Waals surface area contributed by atoms with Crippen LogP contribution in [0.1, 0.15) is 56.8 Å². The smallest absolute Gasteiger partial charge is 0.329 e. The van der Waals surface area contributed by atoms with Gasteiger partial charge in [0.25, 0.3) is 11.8 Å². The van der Waals surface area contributed by atoms with Gasteiger partial charge in [-0.25, -0.2) is 4.79 Å². The maximum Gasteiger partial charge on any atom is 0.329 e. The van der Waals surface area contributed by atoms with Crippen molar-refractivity contribution in [1.82, 2.24) is 10.6 Å². The molecule has 1 aliphatic carbocycles. The third kappa shape index (κ3) is 6.55. The maximum atomic E-state index is 12.5. The second kappa shape index (κ2) is 10.7. The lowest BCUT2D eigenvalue weighted by atomic mass is 10.0. The van der Waals surface area contributed by atoms with Gasteiger partial charge in [-0.2, -0.15) is 0 Å². The Morgan fingerprint density at radius 3 is 2.32 bits per heavy atom. The molecule has 2 amide bonds. The molecule has 1 aromatic carbocycles. The first kappa shape index (κ1) is 21.7. The number of ether oxygens (including phenoxy) is 2. The van der Waals surface area contributed by atoms with E-state index in [1.165, 1.54) is 0 Å². The first-order valence-electron chi connectivity index (χ1n) is 9.90. The van der Waals surface area contributed by atoms with Gasteiger partial charge in [-0.15, -0.1) is 0 Å². The van der Waals surface area contributed by atoms with E-state index in [4.69, 9.17) is 9.47 Å². The molecule has 0 unspecified atom stereocenters. The molecule has 0 aromatic heterocycles. The standard InChI is InChI=1S/C21H30N2O5/c1-4-27-17-11-9-15(10-12-17)20(25)23-19(14(2)3)21(26)28-13-18(24)22-16-7-5-6-8-16/h9-12,14,16,19H,4-8,13H2,1-3H3,(H,22,24)(H,23,25)/t19-/m0/s1. The zero-order valence-electron chi connectivity index (χ0n) is 16.8. The zero-order chi connectivity index (χ0) is 20.5. The summed E-state index contributed by atoms with van der Waals surface area (Å²) in [5.74, 6) is -0.810. The predicted octanol–water partition coefficient (Wildman–Crippen LogP) is 2.44. The van der Waals surface area contributed by atoms with E-state index in [1.807, 2.05) is 20.8 Å². The molecular formula is C21H30N2O5. The summed E-state index contributed by atoms with van der Waals surface area (Å²) in [5, 5.41) is 5.56. The zero-order valence-corrected chi connectivity index (χ0v) is 16.8. The van der Waals surface area contributed by atoms with E-state index in [0.717, 1.165) is 25.7 Å². The van der Waals surface area contributed by atoms with Crippen molar-refractivity contribution in [3.05, 3.63) is 29.8 Å². The molecule has 0 spiro atoms. The van der Waals surface area contributed by atoms with Crippen LogP contribution in [0.3, 0.4) is 0 Å². The maximum absolute atomic E-state index is 12.5. The normalized spacial score (nSPS) is 15.1. The number of carbonyl (C=O) groups is 3. The fourth-order valence-electron chi connectivity index (χ4n) is 3.16. The van der Waals surface area contributed by atoms with Gasteiger partial charge in [-0.3, -0.25) is 9.59 Å². The van der Waals surface area contributed by atoms with Crippen LogP contribution in [0.4, 0.5) is 0 Å². The molecule has 0 aliphatic heterocycles. The third-order valence-electron chi connectivity index (χ3n) is 4.70. The first-order chi connectivity index (χ1) is 13.4. The largest absolute Gasteiger partial charge is 0.494 e. The molecule has 0 radical (unpaired) electrons. The van der Waals surface area contributed by atoms with Crippen LogP contribution in [-0.2, 0) is 14.3 Å². The van der Waals surface area contributed by atoms with Gasteiger partial charge in [0, 0.05) is 11.6 Å². The Labute approximate surface area is 166 Å². The molecule has 1 saturated carbocycles. The molecule has 2 rings (SSSR count). The molecule has 2 N–H and O–H groups in total. The Bertz CT molecular complexity index is 666. The molecule has 1 aromatic rings. The highest BCUT2D eigenvalue weighted by Crippen LogP contribution is 2.17. The van der Waals surface area contributed by atoms with E-state index in [-0.39, 0.29) is 30.4 Å². The van der Waals surface area contributed by atoms with Crippen LogP contribution >= 0.6 is 0 Å². The number of nitrogens with one attached hydrogen (secondary N) is 2. The quantitative estimate of drug-likeness (QED) is 0.632. The van der Waals surface area contributed by atoms with E-state index < -0.39 is 12.0 Å². The summed E-state index contributed by atoms with van der Waals surface area (Å²) in [5.41, 5.74) is 0.417. The summed E-state index contributed by atoms with van der Waals surface area (Å²) in [6.07, 6.45) is 4.15. The fourth-order valence-corrected chi connectivity index (χ4v) is 3.16. The summed E-state index contributed by atoms with van der Waals surface area (Å²) in [7, 11) is 0. The van der Waals surface area contributed by atoms with Crippen LogP contribution < -0.4 is 15.4 Å². The first-order valence-corrected chi connectivity index (χ1v) is 9.90. The molecule has 1 fully saturated rings. The Hall–Kier alpha value is -2.57. The van der Waals surface area contributed by atoms with Gasteiger partial charge in [0.2, 0.25) is 0 Å². The molecule has 1 atom stereocenters. The van der Waals surface area contributed by atoms with Crippen LogP contribution in [0.15, 0.2) is 24.3 Å². The third-order valence-corrected chi connectivity index (χ3v) is 4.70. The minimum absolute atomic E-state index is 0.173. The fraction of sp³-hybridized carbons (Fsp3) is 0.571. The van der Waals surface area contributed by atoms with Crippen molar-refractivity contribution in [2.45, 2.75) is 58.5 Å². The van der Waals surface area contributed by atoms with Gasteiger partial charge < -0.3 is 20.1 Å². The average Bonchev–Trinajstić information content (AvgIpc) is 3.17. The lowest BCUT2D eigenvalue weighted by Gasteiger charge is -2.21. The summed E-state index contributed by atoms with van der Waals surface area (Å²) < 4.78 is 10.5. The topological polar surface area (TPSA) is 93.7 Å². The van der Waals surface area contributed by atoms with Gasteiger partial charge in [-0.1, -0.05) is 26.7 Å². The molecule has 28 heavy (non-hydrogen) atoms. The molecule has 7 heteroatoms. The van der Waals surface area contributed by atoms with Crippen molar-refractivity contribution in [3.8, 4) is 5.75 Å². The number of esters is 1. The second-order valence-electron chi connectivity index (χ2n) is 7.31. The van der Waals surface area contributed by atoms with Crippen molar-refractivity contribution in [2.75, 3.05) is 13.2 Å². The number of hydrogen-bond donors (Lipinski definition) is 2. The Morgan fingerprint density at radius 2 is 1.75 bits per heavy atom. The number of hydrogen-bond acceptors (Lipinski definition) is 5. The highest BCUT2D eigenvalue weighted by Gasteiger charge is 2.27. The van der Waals surface area contributed by atoms with Crippen LogP contribution in [0, 0.1) is 5.92 Å². The Kier molecular flexibility index (Phi) is 8.29. The van der Waals surface area contributed by atoms with E-state index >= 15 is 0 Å². The minimum atomic E-state index is -0.835. The van der Waals surface area contributed by atoms with Gasteiger partial charge in [0.05, 0.1) is 6.61 Å². The van der Waals surface area contributed by atoms with Crippen molar-refractivity contribution < 1.29 is 23.9 Å². The van der Waals surface area contributed by atoms with Gasteiger partial charge in [0.15, 0.2) is 6.61 Å². The van der Waals surface area contributed by atoms with Crippen molar-refractivity contribution in [1.29, 1.82) is 0 Å². The molecule has 0 heterocycles. The Balaban J connectivity index is 1.87. The number of rotatable bonds is 9. The van der Waals surface area contributed by atoms with E-state index in [0.29, 0.717) is 17.9 Å². The van der Waals surface area contributed by atoms with Gasteiger partial charge in [0.1, 0.15) is 11.8 Å². The molecule has 0 saturated heterocycles. The highest BCUT2D eigenvalue weighted by atomic mass is 16.5. The summed E-state index contributed by atoms with van der Waals surface area (Å²) in [4.78, 5) is 36.8. The Morgan fingerprint density at radius 1 is 1.11 bits per heavy atom. The molecular weight excluding hydrogens is 360 g/mol. The van der Waals surface area contributed by atoms with E-state index in [2.05, 4.69) is 10.6 Å². The molecule has 154 valence electrons. The van der Waals surface area contributed by atoms with Crippen LogP contribution in [0.25, 0.3) is 0 Å². The van der Waals surface area contributed by atoms with Crippen LogP contribution in [0.5, 0.6) is 5.75 Å². The van der Waals surface area contributed by atoms with Gasteiger partial charge in [-0.05, 0) is 49.9 Å². The highest BCUT2D eigenvalue weighted by molar-refractivity contribution is 5.97. The summed E-state index contributed by atoms with van der Waals surface area (Å²) in [6, 6.07) is 6.02. The molecule has 7 nitrogen and oxygen atoms in total. The number of carbonyl (C=O) groups excluding carboxylic acids is 3. The average molecular weight is 390 g/mol. The van der Waals surface area contributed by atoms with Crippen LogP contribution in [-0.4, -0.2) is 43.1 Å². The van der Waals surface area contributed by atoms with Crippen molar-refractivity contribution in [3.63, 3.8) is 0 Å². The van der Waals surface area contributed by atoms with Gasteiger partial charge >= 0.3 is 5.97 Å². The van der Waals surface area contributed by atoms with E-state index in [9.17, 15) is 14.4 Å². The van der Waals surface area contributed by atoms with E-state index in [1.54, 1.807) is 24.3 Å². The van der Waals surface area contributed by atoms with Crippen molar-refractivity contribution in [2.24, 2.45) is 5.92 Å². The lowest BCUT2D eigenvalue weighted by Crippen LogP contribution is -2.46. The second-order valence-corrected chi connectivity index (χ2v) is 7.31. The van der Waals surface area contributed by atoms with Crippen molar-refractivity contribution >= 4 is 17.8 Å². The lowest BCUT2D eigenvalue weighted by molar-refractivity contribution is -0.151. The summed E-state index contributed by atoms with van der Waals surface area (Å²) >= 11 is 0. The SMILES string of the molecule is CCOc1ccc(C(=O)N[C@H](C(=O)OCC(=O)NC2CCCC2)C(C)C)cc1. The molecule has 1 aliphatic rings. The number of benzene rings is 1. The molecule has 0 bridgehead atoms. The predicted molar refractivity (Wildman–Crippen MR) is 105 cm³/mol. The summed E-state index contributed by atoms with van der Waals surface area (Å²) in [6.45, 7) is 5.71. The minimum Gasteiger partial charge on any atom is -0.494 e. The van der Waals surface area contributed by atoms with Crippen LogP contribution in [0.2, 0.25) is 0 Å². The monoisotopic (exact) mass is 390 g/mol.